The van der Waals surface area contributed by atoms with Gasteiger partial charge in [0.25, 0.3) is 0 Å². The highest BCUT2D eigenvalue weighted by atomic mass is 14.7. The van der Waals surface area contributed by atoms with E-state index in [1.54, 1.807) is 0 Å². The molecule has 0 aliphatic carbocycles. The van der Waals surface area contributed by atoms with E-state index in [1.165, 1.54) is 53.9 Å². The molecule has 0 aliphatic rings. The summed E-state index contributed by atoms with van der Waals surface area (Å²) in [4.78, 5) is 4.89. The first-order chi connectivity index (χ1) is 21.8. The molecule has 0 unspecified atom stereocenters. The van der Waals surface area contributed by atoms with Gasteiger partial charge < -0.3 is 0 Å². The van der Waals surface area contributed by atoms with E-state index >= 15 is 0 Å². The molecule has 0 spiro atoms. The van der Waals surface area contributed by atoms with Gasteiger partial charge in [-0.15, -0.1) is 0 Å². The van der Waals surface area contributed by atoms with Crippen LogP contribution >= 0.6 is 0 Å². The third-order valence-electron chi connectivity index (χ3n) is 8.59. The SMILES string of the molecule is N#Cc1ccc(-c2ccc(-c3ccc4c5ccccc5c5ccccc5c5ccccc5c5ccccc5c4c3)nc2)cc1. The number of nitrogens with zero attached hydrogens (tertiary/aromatic N) is 2. The lowest BCUT2D eigenvalue weighted by molar-refractivity contribution is 1.33. The lowest BCUT2D eigenvalue weighted by Gasteiger charge is -2.11. The molecule has 2 heteroatoms. The summed E-state index contributed by atoms with van der Waals surface area (Å²) in [6.07, 6.45) is 1.92. The zero-order valence-electron chi connectivity index (χ0n) is 23.9. The smallest absolute Gasteiger partial charge is 0.0991 e. The van der Waals surface area contributed by atoms with E-state index in [1.807, 2.05) is 30.5 Å². The highest BCUT2D eigenvalue weighted by Crippen LogP contribution is 2.37. The van der Waals surface area contributed by atoms with Crippen molar-refractivity contribution in [3.05, 3.63) is 163 Å². The van der Waals surface area contributed by atoms with Crippen molar-refractivity contribution >= 4 is 53.9 Å². The summed E-state index contributed by atoms with van der Waals surface area (Å²) in [6.45, 7) is 0. The van der Waals surface area contributed by atoms with Gasteiger partial charge in [0.05, 0.1) is 17.3 Å². The standard InChI is InChI=1S/C42H26N2/c43-26-28-17-19-29(20-18-28)31-22-24-42(44-27-31)30-21-23-40-38-15-6-5-13-36(38)34-11-2-1-9-32(34)33-10-3-4-12-35(33)37-14-7-8-16-39(37)41(40)25-30/h1-25,27H. The first-order valence-corrected chi connectivity index (χ1v) is 14.8. The molecular weight excluding hydrogens is 532 g/mol. The van der Waals surface area contributed by atoms with Crippen molar-refractivity contribution < 1.29 is 0 Å². The molecule has 0 aliphatic heterocycles. The lowest BCUT2D eigenvalue weighted by Crippen LogP contribution is -1.87. The van der Waals surface area contributed by atoms with Crippen molar-refractivity contribution in [3.63, 3.8) is 0 Å². The molecule has 44 heavy (non-hydrogen) atoms. The maximum absolute atomic E-state index is 9.15. The fourth-order valence-corrected chi connectivity index (χ4v) is 6.45. The average Bonchev–Trinajstić information content (AvgIpc) is 3.11. The number of rotatable bonds is 2. The predicted octanol–water partition coefficient (Wildman–Crippen LogP) is 11.2. The van der Waals surface area contributed by atoms with Crippen molar-refractivity contribution in [2.45, 2.75) is 0 Å². The van der Waals surface area contributed by atoms with Crippen LogP contribution in [0.2, 0.25) is 0 Å². The Morgan fingerprint density at radius 3 is 1.16 bits per heavy atom. The number of nitriles is 1. The van der Waals surface area contributed by atoms with E-state index in [0.29, 0.717) is 5.56 Å². The van der Waals surface area contributed by atoms with Gasteiger partial charge in [0.1, 0.15) is 0 Å². The molecule has 2 nitrogen and oxygen atoms in total. The summed E-state index contributed by atoms with van der Waals surface area (Å²) in [7, 11) is 0. The fraction of sp³-hybridized carbons (Fsp3) is 0. The molecule has 0 N–H and O–H groups in total. The third kappa shape index (κ3) is 4.31. The summed E-state index contributed by atoms with van der Waals surface area (Å²) in [5.74, 6) is 0. The van der Waals surface area contributed by atoms with Gasteiger partial charge in [-0.3, -0.25) is 4.98 Å². The highest BCUT2D eigenvalue weighted by Gasteiger charge is 2.10. The maximum atomic E-state index is 9.15. The summed E-state index contributed by atoms with van der Waals surface area (Å²) < 4.78 is 0. The number of benzene rings is 6. The van der Waals surface area contributed by atoms with Gasteiger partial charge in [-0.1, -0.05) is 127 Å². The molecule has 7 aromatic carbocycles. The van der Waals surface area contributed by atoms with E-state index in [4.69, 9.17) is 10.2 Å². The average molecular weight is 559 g/mol. The van der Waals surface area contributed by atoms with E-state index in [-0.39, 0.29) is 0 Å². The van der Waals surface area contributed by atoms with Gasteiger partial charge >= 0.3 is 0 Å². The monoisotopic (exact) mass is 558 g/mol. The molecular formula is C42H26N2. The molecule has 1 aromatic heterocycles. The minimum atomic E-state index is 0.651. The molecule has 8 aromatic rings. The summed E-state index contributed by atoms with van der Waals surface area (Å²) in [6, 6.07) is 55.7. The zero-order valence-corrected chi connectivity index (χ0v) is 23.9. The van der Waals surface area contributed by atoms with Crippen molar-refractivity contribution in [1.29, 1.82) is 5.26 Å². The Balaban J connectivity index is 1.47. The van der Waals surface area contributed by atoms with Crippen molar-refractivity contribution in [3.8, 4) is 28.5 Å². The predicted molar refractivity (Wildman–Crippen MR) is 185 cm³/mol. The first kappa shape index (κ1) is 25.7. The number of hydrogen-bond donors (Lipinski definition) is 0. The molecule has 1 heterocycles. The van der Waals surface area contributed by atoms with Crippen LogP contribution in [0.25, 0.3) is 76.2 Å². The van der Waals surface area contributed by atoms with E-state index in [0.717, 1.165) is 22.4 Å². The number of fused-ring (bicyclic) bond motifs is 10. The zero-order chi connectivity index (χ0) is 29.5. The van der Waals surface area contributed by atoms with Gasteiger partial charge in [0, 0.05) is 17.3 Å². The van der Waals surface area contributed by atoms with Crippen LogP contribution in [0.4, 0.5) is 0 Å². The summed E-state index contributed by atoms with van der Waals surface area (Å²) >= 11 is 0. The van der Waals surface area contributed by atoms with Crippen LogP contribution in [-0.4, -0.2) is 4.98 Å². The molecule has 0 saturated heterocycles. The van der Waals surface area contributed by atoms with Crippen LogP contribution in [0.5, 0.6) is 0 Å². The Labute approximate surface area is 255 Å². The number of pyridine rings is 1. The molecule has 0 bridgehead atoms. The first-order valence-electron chi connectivity index (χ1n) is 14.8. The summed E-state index contributed by atoms with van der Waals surface area (Å²) in [5.41, 5.74) is 4.69. The van der Waals surface area contributed by atoms with Gasteiger partial charge in [0.2, 0.25) is 0 Å². The molecule has 204 valence electrons. The Morgan fingerprint density at radius 1 is 0.364 bits per heavy atom. The fourth-order valence-electron chi connectivity index (χ4n) is 6.45. The highest BCUT2D eigenvalue weighted by molar-refractivity contribution is 6.26. The van der Waals surface area contributed by atoms with Gasteiger partial charge in [-0.25, -0.2) is 0 Å². The maximum Gasteiger partial charge on any atom is 0.0991 e. The van der Waals surface area contributed by atoms with Crippen LogP contribution in [0, 0.1) is 11.3 Å². The van der Waals surface area contributed by atoms with Crippen molar-refractivity contribution in [2.75, 3.05) is 0 Å². The van der Waals surface area contributed by atoms with E-state index < -0.39 is 0 Å². The topological polar surface area (TPSA) is 36.7 Å². The van der Waals surface area contributed by atoms with Crippen molar-refractivity contribution in [1.82, 2.24) is 4.98 Å². The second-order valence-corrected chi connectivity index (χ2v) is 11.1. The Kier molecular flexibility index (Phi) is 6.21. The normalized spacial score (nSPS) is 11.2. The van der Waals surface area contributed by atoms with Crippen LogP contribution in [0.1, 0.15) is 5.56 Å². The molecule has 0 amide bonds. The van der Waals surface area contributed by atoms with Crippen LogP contribution < -0.4 is 0 Å². The molecule has 0 fully saturated rings. The Hall–Kier alpha value is -6.04. The molecule has 0 atom stereocenters. The lowest BCUT2D eigenvalue weighted by atomic mass is 9.93. The van der Waals surface area contributed by atoms with Crippen LogP contribution in [0.3, 0.4) is 0 Å². The summed E-state index contributed by atoms with van der Waals surface area (Å²) in [5, 5.41) is 21.3. The van der Waals surface area contributed by atoms with E-state index in [9.17, 15) is 0 Å². The largest absolute Gasteiger partial charge is 0.256 e. The number of aromatic nitrogens is 1. The van der Waals surface area contributed by atoms with Gasteiger partial charge in [0.15, 0.2) is 0 Å². The molecule has 8 rings (SSSR count). The second kappa shape index (κ2) is 10.7. The third-order valence-corrected chi connectivity index (χ3v) is 8.59. The number of hydrogen-bond acceptors (Lipinski definition) is 2. The minimum absolute atomic E-state index is 0.651. The van der Waals surface area contributed by atoms with Gasteiger partial charge in [-0.2, -0.15) is 5.26 Å². The minimum Gasteiger partial charge on any atom is -0.256 e. The van der Waals surface area contributed by atoms with E-state index in [2.05, 4.69) is 133 Å². The second-order valence-electron chi connectivity index (χ2n) is 11.1. The Morgan fingerprint density at radius 2 is 0.750 bits per heavy atom. The molecule has 0 saturated carbocycles. The quantitative estimate of drug-likeness (QED) is 0.212. The molecule has 0 radical (unpaired) electrons. The van der Waals surface area contributed by atoms with Crippen molar-refractivity contribution in [2.24, 2.45) is 0 Å². The van der Waals surface area contributed by atoms with Gasteiger partial charge in [-0.05, 0) is 83.7 Å². The van der Waals surface area contributed by atoms with Crippen LogP contribution in [0.15, 0.2) is 158 Å². The Bertz CT molecular complexity index is 2410. The van der Waals surface area contributed by atoms with Crippen LogP contribution in [-0.2, 0) is 0 Å².